The van der Waals surface area contributed by atoms with Gasteiger partial charge in [-0.3, -0.25) is 4.57 Å². The van der Waals surface area contributed by atoms with Crippen LogP contribution in [0.25, 0.3) is 33.5 Å². The molecule has 1 N–H and O–H groups in total. The molecule has 134 valence electrons. The number of hydrogen-bond donors (Lipinski definition) is 1. The molecule has 0 fully saturated rings. The normalized spacial score (nSPS) is 11.6. The van der Waals surface area contributed by atoms with E-state index in [1.165, 1.54) is 0 Å². The first-order valence-electron chi connectivity index (χ1n) is 8.68. The van der Waals surface area contributed by atoms with Crippen molar-refractivity contribution in [2.45, 2.75) is 20.0 Å². The van der Waals surface area contributed by atoms with Crippen molar-refractivity contribution in [1.82, 2.24) is 29.2 Å². The van der Waals surface area contributed by atoms with Crippen molar-refractivity contribution in [3.05, 3.63) is 65.1 Å². The van der Waals surface area contributed by atoms with Crippen LogP contribution >= 0.6 is 0 Å². The van der Waals surface area contributed by atoms with E-state index in [4.69, 9.17) is 4.52 Å². The Kier molecular flexibility index (Phi) is 3.43. The number of fused-ring (bicyclic) bond motifs is 2. The Balaban J connectivity index is 1.48. The van der Waals surface area contributed by atoms with Crippen molar-refractivity contribution in [2.24, 2.45) is 0 Å². The molecule has 0 bridgehead atoms. The highest BCUT2D eigenvalue weighted by Gasteiger charge is 2.13. The van der Waals surface area contributed by atoms with Gasteiger partial charge in [0.05, 0.1) is 34.9 Å². The minimum atomic E-state index is -0.122. The first-order chi connectivity index (χ1) is 13.2. The zero-order chi connectivity index (χ0) is 18.4. The number of para-hydroxylation sites is 2. The predicted octanol–water partition coefficient (Wildman–Crippen LogP) is 2.80. The van der Waals surface area contributed by atoms with Crippen molar-refractivity contribution in [1.29, 1.82) is 0 Å². The molecule has 2 aromatic carbocycles. The first-order valence-corrected chi connectivity index (χ1v) is 8.68. The minimum Gasteiger partial charge on any atom is -0.334 e. The van der Waals surface area contributed by atoms with Gasteiger partial charge in [-0.25, -0.2) is 9.78 Å². The maximum atomic E-state index is 12.0. The Hall–Kier alpha value is -3.68. The van der Waals surface area contributed by atoms with Gasteiger partial charge < -0.3 is 14.1 Å². The fourth-order valence-electron chi connectivity index (χ4n) is 3.33. The zero-order valence-corrected chi connectivity index (χ0v) is 14.6. The summed E-state index contributed by atoms with van der Waals surface area (Å²) in [6.45, 7) is 3.02. The summed E-state index contributed by atoms with van der Waals surface area (Å²) >= 11 is 0. The summed E-state index contributed by atoms with van der Waals surface area (Å²) in [5.74, 6) is 0.981. The lowest BCUT2D eigenvalue weighted by molar-refractivity contribution is 0.421. The van der Waals surface area contributed by atoms with Crippen molar-refractivity contribution in [3.63, 3.8) is 0 Å². The number of nitrogens with one attached hydrogen (secondary N) is 1. The van der Waals surface area contributed by atoms with Crippen LogP contribution in [0.3, 0.4) is 0 Å². The van der Waals surface area contributed by atoms with Crippen LogP contribution < -0.4 is 5.69 Å². The molecular weight excluding hydrogens is 344 g/mol. The average Bonchev–Trinajstić information content (AvgIpc) is 3.38. The number of imidazole rings is 2. The molecule has 0 spiro atoms. The van der Waals surface area contributed by atoms with E-state index in [1.54, 1.807) is 10.9 Å². The third kappa shape index (κ3) is 2.53. The predicted molar refractivity (Wildman–Crippen MR) is 100 cm³/mol. The molecule has 3 heterocycles. The Bertz CT molecular complexity index is 1320. The van der Waals surface area contributed by atoms with E-state index in [1.807, 2.05) is 54.0 Å². The quantitative estimate of drug-likeness (QED) is 0.532. The topological polar surface area (TPSA) is 94.5 Å². The van der Waals surface area contributed by atoms with E-state index >= 15 is 0 Å². The number of hydrogen-bond acceptors (Lipinski definition) is 5. The maximum absolute atomic E-state index is 12.0. The third-order valence-corrected chi connectivity index (χ3v) is 4.64. The van der Waals surface area contributed by atoms with Gasteiger partial charge in [-0.2, -0.15) is 4.98 Å². The van der Waals surface area contributed by atoms with Crippen molar-refractivity contribution in [2.75, 3.05) is 0 Å². The summed E-state index contributed by atoms with van der Waals surface area (Å²) < 4.78 is 9.09. The number of benzene rings is 2. The maximum Gasteiger partial charge on any atom is 0.326 e. The molecule has 0 saturated heterocycles. The van der Waals surface area contributed by atoms with Gasteiger partial charge in [0.25, 0.3) is 5.89 Å². The second-order valence-electron chi connectivity index (χ2n) is 6.28. The lowest BCUT2D eigenvalue weighted by Gasteiger charge is -1.99. The fourth-order valence-corrected chi connectivity index (χ4v) is 3.33. The highest BCUT2D eigenvalue weighted by Crippen LogP contribution is 2.22. The van der Waals surface area contributed by atoms with Crippen LogP contribution in [0, 0.1) is 0 Å². The largest absolute Gasteiger partial charge is 0.334 e. The van der Waals surface area contributed by atoms with Crippen LogP contribution in [0.5, 0.6) is 0 Å². The molecule has 0 aliphatic rings. The third-order valence-electron chi connectivity index (χ3n) is 4.64. The van der Waals surface area contributed by atoms with Gasteiger partial charge in [-0.15, -0.1) is 0 Å². The summed E-state index contributed by atoms with van der Waals surface area (Å²) in [5, 5.41) is 4.08. The second-order valence-corrected chi connectivity index (χ2v) is 6.28. The summed E-state index contributed by atoms with van der Waals surface area (Å²) in [5.41, 5.74) is 4.19. The van der Waals surface area contributed by atoms with Crippen LogP contribution in [-0.4, -0.2) is 29.2 Å². The molecule has 0 unspecified atom stereocenters. The van der Waals surface area contributed by atoms with Gasteiger partial charge >= 0.3 is 5.69 Å². The molecule has 27 heavy (non-hydrogen) atoms. The first kappa shape index (κ1) is 15.6. The SMILES string of the molecule is CCn1c(=O)[nH]c2cc(-c3nc(Cn4cnc5ccccc54)no3)ccc21. The molecule has 0 saturated carbocycles. The van der Waals surface area contributed by atoms with Crippen LogP contribution in [0.15, 0.2) is 58.1 Å². The number of aromatic nitrogens is 6. The smallest absolute Gasteiger partial charge is 0.326 e. The van der Waals surface area contributed by atoms with Crippen molar-refractivity contribution in [3.8, 4) is 11.5 Å². The Morgan fingerprint density at radius 2 is 2.04 bits per heavy atom. The van der Waals surface area contributed by atoms with Crippen molar-refractivity contribution < 1.29 is 4.52 Å². The van der Waals surface area contributed by atoms with Gasteiger partial charge in [0.1, 0.15) is 0 Å². The van der Waals surface area contributed by atoms with E-state index in [0.717, 1.165) is 27.6 Å². The van der Waals surface area contributed by atoms with Gasteiger partial charge in [-0.05, 0) is 37.3 Å². The van der Waals surface area contributed by atoms with Crippen molar-refractivity contribution >= 4 is 22.1 Å². The van der Waals surface area contributed by atoms with Gasteiger partial charge in [0, 0.05) is 12.1 Å². The molecule has 0 amide bonds. The van der Waals surface area contributed by atoms with E-state index in [-0.39, 0.29) is 5.69 Å². The van der Waals surface area contributed by atoms with Crippen LogP contribution in [-0.2, 0) is 13.1 Å². The Morgan fingerprint density at radius 1 is 1.15 bits per heavy atom. The van der Waals surface area contributed by atoms with Crippen LogP contribution in [0.4, 0.5) is 0 Å². The summed E-state index contributed by atoms with van der Waals surface area (Å²) in [6.07, 6.45) is 1.77. The fraction of sp³-hybridized carbons (Fsp3) is 0.158. The second kappa shape index (κ2) is 5.94. The highest BCUT2D eigenvalue weighted by molar-refractivity contribution is 5.80. The van der Waals surface area contributed by atoms with E-state index in [9.17, 15) is 4.79 Å². The molecule has 0 radical (unpaired) electrons. The molecule has 0 atom stereocenters. The van der Waals surface area contributed by atoms with E-state index in [2.05, 4.69) is 20.1 Å². The van der Waals surface area contributed by atoms with Crippen LogP contribution in [0.2, 0.25) is 0 Å². The Morgan fingerprint density at radius 3 is 2.93 bits per heavy atom. The monoisotopic (exact) mass is 360 g/mol. The van der Waals surface area contributed by atoms with Gasteiger partial charge in [-0.1, -0.05) is 17.3 Å². The number of aryl methyl sites for hydroxylation is 1. The molecule has 8 nitrogen and oxygen atoms in total. The molecular formula is C19H16N6O2. The molecule has 5 rings (SSSR count). The number of rotatable bonds is 4. The van der Waals surface area contributed by atoms with E-state index in [0.29, 0.717) is 24.8 Å². The summed E-state index contributed by atoms with van der Waals surface area (Å²) in [4.78, 5) is 23.7. The lowest BCUT2D eigenvalue weighted by atomic mass is 10.2. The number of aromatic amines is 1. The molecule has 5 aromatic rings. The standard InChI is InChI=1S/C19H16N6O2/c1-2-25-16-8-7-12(9-14(16)21-19(25)26)18-22-17(23-27-18)10-24-11-20-13-5-3-4-6-15(13)24/h3-9,11H,2,10H2,1H3,(H,21,26). The Labute approximate surface area is 153 Å². The molecule has 8 heteroatoms. The summed E-state index contributed by atoms with van der Waals surface area (Å²) in [7, 11) is 0. The van der Waals surface area contributed by atoms with Gasteiger partial charge in [0.15, 0.2) is 5.82 Å². The van der Waals surface area contributed by atoms with E-state index < -0.39 is 0 Å². The molecule has 0 aliphatic heterocycles. The zero-order valence-electron chi connectivity index (χ0n) is 14.6. The number of H-pyrrole nitrogens is 1. The lowest BCUT2D eigenvalue weighted by Crippen LogP contribution is -2.14. The molecule has 3 aromatic heterocycles. The minimum absolute atomic E-state index is 0.122. The average molecular weight is 360 g/mol. The highest BCUT2D eigenvalue weighted by atomic mass is 16.5. The number of nitrogens with zero attached hydrogens (tertiary/aromatic N) is 5. The molecule has 0 aliphatic carbocycles. The summed E-state index contributed by atoms with van der Waals surface area (Å²) in [6, 6.07) is 13.5. The van der Waals surface area contributed by atoms with Crippen LogP contribution in [0.1, 0.15) is 12.7 Å². The van der Waals surface area contributed by atoms with Gasteiger partial charge in [0.2, 0.25) is 0 Å².